The number of hydrogen-bond donors (Lipinski definition) is 1. The summed E-state index contributed by atoms with van der Waals surface area (Å²) in [5.41, 5.74) is 2.70. The molecule has 1 N–H and O–H groups in total. The van der Waals surface area contributed by atoms with Crippen molar-refractivity contribution in [1.82, 2.24) is 5.16 Å². The van der Waals surface area contributed by atoms with Gasteiger partial charge in [-0.25, -0.2) is 0 Å². The second-order valence-electron chi connectivity index (χ2n) is 5.07. The number of carboxylic acid groups (broad SMARTS) is 1. The maximum absolute atomic E-state index is 10.9. The van der Waals surface area contributed by atoms with Gasteiger partial charge in [0.2, 0.25) is 0 Å². The van der Waals surface area contributed by atoms with Gasteiger partial charge in [-0.15, -0.1) is 0 Å². The van der Waals surface area contributed by atoms with E-state index in [4.69, 9.17) is 14.4 Å². The van der Waals surface area contributed by atoms with Gasteiger partial charge in [0, 0.05) is 30.4 Å². The highest BCUT2D eigenvalue weighted by atomic mass is 16.5. The summed E-state index contributed by atoms with van der Waals surface area (Å²) < 4.78 is 10.4. The standard InChI is InChI=1S/C16H20N2O4/c1-11-15(12(2)22-17-11)10-18(8-7-16(19)20)13-5-4-6-14(9-13)21-3/h4-6,9H,7-8,10H2,1-3H3,(H,19,20). The summed E-state index contributed by atoms with van der Waals surface area (Å²) in [7, 11) is 1.61. The number of benzene rings is 1. The van der Waals surface area contributed by atoms with E-state index in [-0.39, 0.29) is 6.42 Å². The van der Waals surface area contributed by atoms with E-state index < -0.39 is 5.97 Å². The molecule has 6 nitrogen and oxygen atoms in total. The SMILES string of the molecule is COc1cccc(N(CCC(=O)O)Cc2c(C)noc2C)c1. The van der Waals surface area contributed by atoms with Crippen LogP contribution < -0.4 is 9.64 Å². The highest BCUT2D eigenvalue weighted by Gasteiger charge is 2.16. The van der Waals surface area contributed by atoms with Crippen molar-refractivity contribution >= 4 is 11.7 Å². The molecule has 2 rings (SSSR count). The lowest BCUT2D eigenvalue weighted by Gasteiger charge is -2.24. The van der Waals surface area contributed by atoms with Crippen LogP contribution in [0.15, 0.2) is 28.8 Å². The molecule has 0 saturated carbocycles. The maximum atomic E-state index is 10.9. The number of methoxy groups -OCH3 is 1. The van der Waals surface area contributed by atoms with Crippen molar-refractivity contribution in [2.75, 3.05) is 18.6 Å². The molecule has 0 amide bonds. The zero-order valence-electron chi connectivity index (χ0n) is 13.0. The summed E-state index contributed by atoms with van der Waals surface area (Å²) in [6, 6.07) is 7.56. The Morgan fingerprint density at radius 3 is 2.77 bits per heavy atom. The van der Waals surface area contributed by atoms with Gasteiger partial charge in [0.15, 0.2) is 0 Å². The number of carboxylic acids is 1. The fourth-order valence-electron chi connectivity index (χ4n) is 2.26. The molecule has 0 bridgehead atoms. The molecule has 0 atom stereocenters. The molecule has 0 unspecified atom stereocenters. The molecule has 0 radical (unpaired) electrons. The lowest BCUT2D eigenvalue weighted by atomic mass is 10.1. The number of carbonyl (C=O) groups is 1. The fourth-order valence-corrected chi connectivity index (χ4v) is 2.26. The van der Waals surface area contributed by atoms with Crippen LogP contribution in [0.1, 0.15) is 23.4 Å². The highest BCUT2D eigenvalue weighted by molar-refractivity contribution is 5.67. The van der Waals surface area contributed by atoms with Crippen LogP contribution >= 0.6 is 0 Å². The molecule has 0 fully saturated rings. The summed E-state index contributed by atoms with van der Waals surface area (Å²) in [5.74, 6) is 0.656. The first kappa shape index (κ1) is 15.9. The fraction of sp³-hybridized carbons (Fsp3) is 0.375. The molecular weight excluding hydrogens is 284 g/mol. The zero-order valence-corrected chi connectivity index (χ0v) is 13.0. The Kier molecular flexibility index (Phi) is 5.04. The molecule has 1 heterocycles. The topological polar surface area (TPSA) is 75.8 Å². The van der Waals surface area contributed by atoms with Crippen molar-refractivity contribution in [3.8, 4) is 5.75 Å². The monoisotopic (exact) mass is 304 g/mol. The number of aromatic nitrogens is 1. The molecule has 0 aliphatic rings. The number of rotatable bonds is 7. The van der Waals surface area contributed by atoms with E-state index in [1.807, 2.05) is 43.0 Å². The van der Waals surface area contributed by atoms with Crippen LogP contribution in [0.2, 0.25) is 0 Å². The number of anilines is 1. The van der Waals surface area contributed by atoms with E-state index in [9.17, 15) is 4.79 Å². The van der Waals surface area contributed by atoms with E-state index >= 15 is 0 Å². The molecular formula is C16H20N2O4. The van der Waals surface area contributed by atoms with Gasteiger partial charge in [-0.05, 0) is 26.0 Å². The summed E-state index contributed by atoms with van der Waals surface area (Å²) in [4.78, 5) is 12.9. The summed E-state index contributed by atoms with van der Waals surface area (Å²) >= 11 is 0. The van der Waals surface area contributed by atoms with Gasteiger partial charge in [0.1, 0.15) is 11.5 Å². The Hall–Kier alpha value is -2.50. The van der Waals surface area contributed by atoms with Gasteiger partial charge in [-0.2, -0.15) is 0 Å². The van der Waals surface area contributed by atoms with Crippen LogP contribution in [-0.2, 0) is 11.3 Å². The number of aliphatic carboxylic acids is 1. The van der Waals surface area contributed by atoms with Crippen molar-refractivity contribution in [1.29, 1.82) is 0 Å². The van der Waals surface area contributed by atoms with Crippen LogP contribution in [0.3, 0.4) is 0 Å². The van der Waals surface area contributed by atoms with Crippen molar-refractivity contribution < 1.29 is 19.2 Å². The molecule has 118 valence electrons. The summed E-state index contributed by atoms with van der Waals surface area (Å²) in [5, 5.41) is 12.9. The Morgan fingerprint density at radius 1 is 1.41 bits per heavy atom. The van der Waals surface area contributed by atoms with Gasteiger partial charge in [-0.1, -0.05) is 11.2 Å². The smallest absolute Gasteiger partial charge is 0.305 e. The van der Waals surface area contributed by atoms with Gasteiger partial charge in [0.05, 0.1) is 19.2 Å². The molecule has 2 aromatic rings. The van der Waals surface area contributed by atoms with E-state index in [1.165, 1.54) is 0 Å². The first-order chi connectivity index (χ1) is 10.5. The van der Waals surface area contributed by atoms with Crippen molar-refractivity contribution in [2.45, 2.75) is 26.8 Å². The van der Waals surface area contributed by atoms with Gasteiger partial charge >= 0.3 is 5.97 Å². The van der Waals surface area contributed by atoms with E-state index in [1.54, 1.807) is 7.11 Å². The second-order valence-corrected chi connectivity index (χ2v) is 5.07. The summed E-state index contributed by atoms with van der Waals surface area (Å²) in [6.45, 7) is 4.68. The van der Waals surface area contributed by atoms with Crippen LogP contribution in [-0.4, -0.2) is 29.9 Å². The molecule has 0 spiro atoms. The third-order valence-electron chi connectivity index (χ3n) is 3.54. The van der Waals surface area contributed by atoms with Gasteiger partial charge in [-0.3, -0.25) is 4.79 Å². The van der Waals surface area contributed by atoms with E-state index in [0.717, 1.165) is 28.5 Å². The van der Waals surface area contributed by atoms with Crippen LogP contribution in [0.4, 0.5) is 5.69 Å². The average molecular weight is 304 g/mol. The molecule has 0 saturated heterocycles. The third-order valence-corrected chi connectivity index (χ3v) is 3.54. The Labute approximate surface area is 129 Å². The number of aryl methyl sites for hydroxylation is 2. The zero-order chi connectivity index (χ0) is 16.1. The maximum Gasteiger partial charge on any atom is 0.305 e. The minimum absolute atomic E-state index is 0.0561. The van der Waals surface area contributed by atoms with Crippen LogP contribution in [0, 0.1) is 13.8 Å². The first-order valence-electron chi connectivity index (χ1n) is 7.03. The predicted octanol–water partition coefficient (Wildman–Crippen LogP) is 2.78. The van der Waals surface area contributed by atoms with Crippen LogP contribution in [0.5, 0.6) is 5.75 Å². The lowest BCUT2D eigenvalue weighted by molar-refractivity contribution is -0.136. The Bertz CT molecular complexity index is 632. The van der Waals surface area contributed by atoms with Crippen molar-refractivity contribution in [3.63, 3.8) is 0 Å². The normalized spacial score (nSPS) is 10.5. The van der Waals surface area contributed by atoms with Crippen LogP contribution in [0.25, 0.3) is 0 Å². The third kappa shape index (κ3) is 3.78. The summed E-state index contributed by atoms with van der Waals surface area (Å²) in [6.07, 6.45) is 0.0561. The number of nitrogens with zero attached hydrogens (tertiary/aromatic N) is 2. The van der Waals surface area contributed by atoms with Crippen molar-refractivity contribution in [2.24, 2.45) is 0 Å². The number of ether oxygens (including phenoxy) is 1. The molecule has 6 heteroatoms. The highest BCUT2D eigenvalue weighted by Crippen LogP contribution is 2.24. The van der Waals surface area contributed by atoms with Gasteiger partial charge < -0.3 is 19.3 Å². The number of hydrogen-bond acceptors (Lipinski definition) is 5. The molecule has 22 heavy (non-hydrogen) atoms. The molecule has 0 aliphatic carbocycles. The molecule has 0 aliphatic heterocycles. The average Bonchev–Trinajstić information content (AvgIpc) is 2.82. The van der Waals surface area contributed by atoms with E-state index in [0.29, 0.717) is 13.1 Å². The minimum atomic E-state index is -0.827. The quantitative estimate of drug-likeness (QED) is 0.847. The van der Waals surface area contributed by atoms with Gasteiger partial charge in [0.25, 0.3) is 0 Å². The van der Waals surface area contributed by atoms with E-state index in [2.05, 4.69) is 5.16 Å². The second kappa shape index (κ2) is 6.98. The molecule has 1 aromatic heterocycles. The molecule has 1 aromatic carbocycles. The Morgan fingerprint density at radius 2 is 2.18 bits per heavy atom. The first-order valence-corrected chi connectivity index (χ1v) is 7.03. The van der Waals surface area contributed by atoms with Crippen molar-refractivity contribution in [3.05, 3.63) is 41.3 Å². The largest absolute Gasteiger partial charge is 0.497 e. The minimum Gasteiger partial charge on any atom is -0.497 e. The lowest BCUT2D eigenvalue weighted by Crippen LogP contribution is -2.26. The Balaban J connectivity index is 2.27. The predicted molar refractivity (Wildman–Crippen MR) is 82.3 cm³/mol.